The topological polar surface area (TPSA) is 84.1 Å². The smallest absolute Gasteiger partial charge is 0.413 e. The van der Waals surface area contributed by atoms with Crippen molar-refractivity contribution in [3.8, 4) is 0 Å². The number of hydrogen-bond acceptors (Lipinski definition) is 4. The summed E-state index contributed by atoms with van der Waals surface area (Å²) in [6.45, 7) is 1.99. The Hall–Kier alpha value is -1.60. The van der Waals surface area contributed by atoms with Crippen molar-refractivity contribution in [2.45, 2.75) is 18.2 Å². The SMILES string of the molecule is CCCS(=O)c1ccc2nc(NC(=O)OC)[nH]c2c1.Cl. The van der Waals surface area contributed by atoms with Crippen LogP contribution in [0.3, 0.4) is 0 Å². The first-order chi connectivity index (χ1) is 9.13. The molecule has 2 N–H and O–H groups in total. The van der Waals surface area contributed by atoms with E-state index >= 15 is 0 Å². The normalized spacial score (nSPS) is 11.7. The predicted molar refractivity (Wildman–Crippen MR) is 80.9 cm³/mol. The number of halogens is 1. The quantitative estimate of drug-likeness (QED) is 0.908. The lowest BCUT2D eigenvalue weighted by molar-refractivity contribution is 0.186. The highest BCUT2D eigenvalue weighted by Crippen LogP contribution is 2.18. The molecule has 0 saturated heterocycles. The number of methoxy groups -OCH3 is 1. The molecule has 0 fully saturated rings. The highest BCUT2D eigenvalue weighted by molar-refractivity contribution is 7.85. The second kappa shape index (κ2) is 7.25. The first-order valence-corrected chi connectivity index (χ1v) is 7.19. The van der Waals surface area contributed by atoms with Crippen LogP contribution in [0.25, 0.3) is 11.0 Å². The van der Waals surface area contributed by atoms with E-state index in [9.17, 15) is 9.00 Å². The van der Waals surface area contributed by atoms with Gasteiger partial charge in [0.2, 0.25) is 5.95 Å². The maximum absolute atomic E-state index is 11.9. The van der Waals surface area contributed by atoms with Gasteiger partial charge in [0, 0.05) is 10.6 Å². The summed E-state index contributed by atoms with van der Waals surface area (Å²) in [4.78, 5) is 19.0. The molecule has 2 aromatic rings. The summed E-state index contributed by atoms with van der Waals surface area (Å²) in [6.07, 6.45) is 0.275. The fourth-order valence-corrected chi connectivity index (χ4v) is 2.72. The zero-order valence-electron chi connectivity index (χ0n) is 11.1. The van der Waals surface area contributed by atoms with Crippen molar-refractivity contribution in [1.29, 1.82) is 0 Å². The molecule has 20 heavy (non-hydrogen) atoms. The second-order valence-corrected chi connectivity index (χ2v) is 5.50. The van der Waals surface area contributed by atoms with Gasteiger partial charge in [0.15, 0.2) is 0 Å². The molecule has 1 aromatic heterocycles. The first kappa shape index (κ1) is 16.5. The standard InChI is InChI=1S/C12H15N3O3S.ClH/c1-3-6-19(17)8-4-5-9-10(7-8)14-11(13-9)15-12(16)18-2;/h4-5,7H,3,6H2,1-2H3,(H2,13,14,15,16);1H. The van der Waals surface area contributed by atoms with Gasteiger partial charge in [0.25, 0.3) is 0 Å². The van der Waals surface area contributed by atoms with Crippen LogP contribution in [0.4, 0.5) is 10.7 Å². The van der Waals surface area contributed by atoms with Crippen LogP contribution in [-0.2, 0) is 15.5 Å². The van der Waals surface area contributed by atoms with Gasteiger partial charge < -0.3 is 9.72 Å². The summed E-state index contributed by atoms with van der Waals surface area (Å²) in [5.41, 5.74) is 1.43. The molecule has 2 rings (SSSR count). The molecule has 8 heteroatoms. The van der Waals surface area contributed by atoms with E-state index in [0.717, 1.165) is 16.8 Å². The average molecular weight is 318 g/mol. The van der Waals surface area contributed by atoms with E-state index in [1.54, 1.807) is 18.2 Å². The monoisotopic (exact) mass is 317 g/mol. The number of nitrogens with zero attached hydrogens (tertiary/aromatic N) is 1. The fourth-order valence-electron chi connectivity index (χ4n) is 1.64. The van der Waals surface area contributed by atoms with Crippen LogP contribution in [-0.4, -0.2) is 33.1 Å². The van der Waals surface area contributed by atoms with Gasteiger partial charge in [-0.3, -0.25) is 9.53 Å². The third kappa shape index (κ3) is 3.71. The Balaban J connectivity index is 0.00000200. The summed E-state index contributed by atoms with van der Waals surface area (Å²) in [6, 6.07) is 5.35. The minimum Gasteiger partial charge on any atom is -0.453 e. The Labute approximate surface area is 125 Å². The number of H-pyrrole nitrogens is 1. The van der Waals surface area contributed by atoms with Crippen LogP contribution in [0.15, 0.2) is 23.1 Å². The molecular weight excluding hydrogens is 302 g/mol. The van der Waals surface area contributed by atoms with E-state index in [0.29, 0.717) is 17.2 Å². The third-order valence-electron chi connectivity index (χ3n) is 2.51. The number of carbonyl (C=O) groups excluding carboxylic acids is 1. The number of benzene rings is 1. The number of aromatic nitrogens is 2. The van der Waals surface area contributed by atoms with Gasteiger partial charge in [0.1, 0.15) is 0 Å². The number of aromatic amines is 1. The Kier molecular flexibility index (Phi) is 5.97. The molecule has 1 amide bonds. The van der Waals surface area contributed by atoms with E-state index in [4.69, 9.17) is 0 Å². The van der Waals surface area contributed by atoms with E-state index in [1.165, 1.54) is 7.11 Å². The van der Waals surface area contributed by atoms with Crippen LogP contribution in [0, 0.1) is 0 Å². The number of anilines is 1. The number of hydrogen-bond donors (Lipinski definition) is 2. The van der Waals surface area contributed by atoms with Crippen molar-refractivity contribution < 1.29 is 13.7 Å². The number of nitrogens with one attached hydrogen (secondary N) is 2. The van der Waals surface area contributed by atoms with Crippen molar-refractivity contribution in [1.82, 2.24) is 9.97 Å². The number of amides is 1. The van der Waals surface area contributed by atoms with Gasteiger partial charge in [-0.15, -0.1) is 12.4 Å². The number of fused-ring (bicyclic) bond motifs is 1. The average Bonchev–Trinajstić information content (AvgIpc) is 2.79. The molecule has 1 unspecified atom stereocenters. The lowest BCUT2D eigenvalue weighted by Gasteiger charge is -1.99. The van der Waals surface area contributed by atoms with Crippen molar-refractivity contribution in [2.75, 3.05) is 18.2 Å². The van der Waals surface area contributed by atoms with Gasteiger partial charge in [-0.05, 0) is 24.6 Å². The Morgan fingerprint density at radius 1 is 1.50 bits per heavy atom. The molecule has 0 spiro atoms. The molecule has 0 aliphatic carbocycles. The lowest BCUT2D eigenvalue weighted by Crippen LogP contribution is -2.11. The van der Waals surface area contributed by atoms with Crippen molar-refractivity contribution in [2.24, 2.45) is 0 Å². The van der Waals surface area contributed by atoms with Crippen LogP contribution >= 0.6 is 12.4 Å². The minimum absolute atomic E-state index is 0. The summed E-state index contributed by atoms with van der Waals surface area (Å²) in [7, 11) is 0.279. The highest BCUT2D eigenvalue weighted by atomic mass is 35.5. The third-order valence-corrected chi connectivity index (χ3v) is 4.07. The van der Waals surface area contributed by atoms with Crippen LogP contribution in [0.1, 0.15) is 13.3 Å². The molecule has 0 aliphatic rings. The number of carbonyl (C=O) groups is 1. The van der Waals surface area contributed by atoms with Gasteiger partial charge in [0.05, 0.1) is 28.9 Å². The Bertz CT molecular complexity index is 629. The van der Waals surface area contributed by atoms with E-state index in [-0.39, 0.29) is 12.4 Å². The van der Waals surface area contributed by atoms with E-state index in [1.807, 2.05) is 6.92 Å². The van der Waals surface area contributed by atoms with Gasteiger partial charge >= 0.3 is 6.09 Å². The van der Waals surface area contributed by atoms with Gasteiger partial charge in [-0.2, -0.15) is 0 Å². The maximum Gasteiger partial charge on any atom is 0.413 e. The fraction of sp³-hybridized carbons (Fsp3) is 0.333. The van der Waals surface area contributed by atoms with Crippen molar-refractivity contribution in [3.05, 3.63) is 18.2 Å². The minimum atomic E-state index is -1.00. The molecular formula is C12H16ClN3O3S. The highest BCUT2D eigenvalue weighted by Gasteiger charge is 2.09. The van der Waals surface area contributed by atoms with Gasteiger partial charge in [-0.1, -0.05) is 6.92 Å². The molecule has 6 nitrogen and oxygen atoms in total. The van der Waals surface area contributed by atoms with E-state index in [2.05, 4.69) is 20.0 Å². The maximum atomic E-state index is 11.9. The molecule has 1 aromatic carbocycles. The molecule has 0 saturated carbocycles. The number of rotatable bonds is 4. The molecule has 0 aliphatic heterocycles. The Morgan fingerprint density at radius 3 is 2.90 bits per heavy atom. The summed E-state index contributed by atoms with van der Waals surface area (Å²) in [5.74, 6) is 0.938. The molecule has 1 heterocycles. The largest absolute Gasteiger partial charge is 0.453 e. The van der Waals surface area contributed by atoms with Crippen molar-refractivity contribution in [3.63, 3.8) is 0 Å². The first-order valence-electron chi connectivity index (χ1n) is 5.87. The molecule has 1 atom stereocenters. The van der Waals surface area contributed by atoms with Crippen LogP contribution in [0.2, 0.25) is 0 Å². The number of ether oxygens (including phenoxy) is 1. The van der Waals surface area contributed by atoms with Crippen LogP contribution < -0.4 is 5.32 Å². The van der Waals surface area contributed by atoms with Gasteiger partial charge in [-0.25, -0.2) is 9.78 Å². The predicted octanol–water partition coefficient (Wildman–Crippen LogP) is 2.68. The zero-order valence-corrected chi connectivity index (χ0v) is 12.8. The number of imidazole rings is 1. The molecule has 0 radical (unpaired) electrons. The summed E-state index contributed by atoms with van der Waals surface area (Å²) in [5, 5.41) is 2.45. The summed E-state index contributed by atoms with van der Waals surface area (Å²) < 4.78 is 16.4. The summed E-state index contributed by atoms with van der Waals surface area (Å²) >= 11 is 0. The van der Waals surface area contributed by atoms with Crippen LogP contribution in [0.5, 0.6) is 0 Å². The molecule has 110 valence electrons. The van der Waals surface area contributed by atoms with Crippen molar-refractivity contribution >= 4 is 46.3 Å². The second-order valence-electron chi connectivity index (χ2n) is 3.93. The van der Waals surface area contributed by atoms with E-state index < -0.39 is 16.9 Å². The zero-order chi connectivity index (χ0) is 13.8. The Morgan fingerprint density at radius 2 is 2.25 bits per heavy atom. The molecule has 0 bridgehead atoms. The lowest BCUT2D eigenvalue weighted by atomic mass is 10.3.